The summed E-state index contributed by atoms with van der Waals surface area (Å²) in [5.74, 6) is 0. The predicted molar refractivity (Wildman–Crippen MR) is 29.5 cm³/mol. The lowest BCUT2D eigenvalue weighted by Crippen LogP contribution is -1.84. The Labute approximate surface area is 45.9 Å². The second-order valence-electron chi connectivity index (χ2n) is 0.946. The molecule has 0 aromatic rings. The zero-order chi connectivity index (χ0) is 4.41. The lowest BCUT2D eigenvalue weighted by molar-refractivity contribution is 1.46. The van der Waals surface area contributed by atoms with E-state index < -0.39 is 0 Å². The van der Waals surface area contributed by atoms with Crippen LogP contribution in [0, 0.1) is 0 Å². The minimum atomic E-state index is 0.144. The predicted octanol–water partition coefficient (Wildman–Crippen LogP) is 1.32. The van der Waals surface area contributed by atoms with E-state index >= 15 is 0 Å². The summed E-state index contributed by atoms with van der Waals surface area (Å²) >= 11 is 7.03. The SMILES string of the molecule is ClC1C=CNS1. The van der Waals surface area contributed by atoms with Gasteiger partial charge in [-0.2, -0.15) is 0 Å². The zero-order valence-electron chi connectivity index (χ0n) is 3.02. The van der Waals surface area contributed by atoms with Crippen molar-refractivity contribution in [2.45, 2.75) is 4.71 Å². The van der Waals surface area contributed by atoms with Crippen molar-refractivity contribution < 1.29 is 0 Å². The van der Waals surface area contributed by atoms with E-state index in [0.29, 0.717) is 0 Å². The molecule has 0 aromatic heterocycles. The van der Waals surface area contributed by atoms with Gasteiger partial charge < -0.3 is 4.72 Å². The Kier molecular flexibility index (Phi) is 1.27. The summed E-state index contributed by atoms with van der Waals surface area (Å²) in [7, 11) is 0. The topological polar surface area (TPSA) is 12.0 Å². The number of halogens is 1. The van der Waals surface area contributed by atoms with Crippen molar-refractivity contribution >= 4 is 23.5 Å². The fourth-order valence-corrected chi connectivity index (χ4v) is 0.930. The summed E-state index contributed by atoms with van der Waals surface area (Å²) in [6, 6.07) is 0. The Morgan fingerprint density at radius 2 is 2.67 bits per heavy atom. The quantitative estimate of drug-likeness (QED) is 0.383. The molecule has 0 fully saturated rings. The van der Waals surface area contributed by atoms with E-state index in [2.05, 4.69) is 4.72 Å². The number of rotatable bonds is 0. The van der Waals surface area contributed by atoms with Gasteiger partial charge in [-0.3, -0.25) is 0 Å². The first-order chi connectivity index (χ1) is 2.89. The second kappa shape index (κ2) is 1.76. The lowest BCUT2D eigenvalue weighted by Gasteiger charge is -1.87. The highest BCUT2D eigenvalue weighted by Gasteiger charge is 2.01. The Bertz CT molecular complexity index is 73.2. The smallest absolute Gasteiger partial charge is 0.118 e. The first-order valence-electron chi connectivity index (χ1n) is 1.61. The molecule has 0 saturated carbocycles. The van der Waals surface area contributed by atoms with E-state index in [4.69, 9.17) is 11.6 Å². The minimum Gasteiger partial charge on any atom is -0.335 e. The standard InChI is InChI=1S/C3H4ClNS/c4-3-1-2-5-6-3/h1-3,5H. The largest absolute Gasteiger partial charge is 0.335 e. The van der Waals surface area contributed by atoms with Crippen molar-refractivity contribution in [2.24, 2.45) is 0 Å². The molecular formula is C3H4ClNS. The zero-order valence-corrected chi connectivity index (χ0v) is 4.59. The summed E-state index contributed by atoms with van der Waals surface area (Å²) in [6.45, 7) is 0. The van der Waals surface area contributed by atoms with E-state index in [0.717, 1.165) is 0 Å². The van der Waals surface area contributed by atoms with Gasteiger partial charge in [0.2, 0.25) is 0 Å². The monoisotopic (exact) mass is 121 g/mol. The van der Waals surface area contributed by atoms with Crippen LogP contribution in [-0.2, 0) is 0 Å². The van der Waals surface area contributed by atoms with Gasteiger partial charge in [-0.1, -0.05) is 0 Å². The first kappa shape index (κ1) is 4.34. The summed E-state index contributed by atoms with van der Waals surface area (Å²) in [5, 5.41) is 0. The fraction of sp³-hybridized carbons (Fsp3) is 0.333. The average Bonchev–Trinajstić information content (AvgIpc) is 1.86. The van der Waals surface area contributed by atoms with Crippen LogP contribution in [0.15, 0.2) is 12.3 Å². The van der Waals surface area contributed by atoms with Crippen molar-refractivity contribution in [3.05, 3.63) is 12.3 Å². The molecule has 3 heteroatoms. The number of hydrogen-bond donors (Lipinski definition) is 1. The molecule has 0 spiro atoms. The van der Waals surface area contributed by atoms with Crippen molar-refractivity contribution in [1.82, 2.24) is 4.72 Å². The van der Waals surface area contributed by atoms with Crippen LogP contribution in [0.25, 0.3) is 0 Å². The summed E-state index contributed by atoms with van der Waals surface area (Å²) < 4.78 is 3.02. The molecule has 0 saturated heterocycles. The molecule has 34 valence electrons. The molecule has 1 N–H and O–H groups in total. The maximum absolute atomic E-state index is 5.53. The van der Waals surface area contributed by atoms with Gasteiger partial charge in [0.1, 0.15) is 4.71 Å². The van der Waals surface area contributed by atoms with E-state index in [1.54, 1.807) is 0 Å². The molecular weight excluding hydrogens is 118 g/mol. The normalized spacial score (nSPS) is 30.5. The molecule has 1 rings (SSSR count). The van der Waals surface area contributed by atoms with Crippen molar-refractivity contribution in [3.63, 3.8) is 0 Å². The van der Waals surface area contributed by atoms with Crippen molar-refractivity contribution in [2.75, 3.05) is 0 Å². The van der Waals surface area contributed by atoms with Crippen LogP contribution in [0.1, 0.15) is 0 Å². The molecule has 1 aliphatic rings. The number of hydrogen-bond acceptors (Lipinski definition) is 2. The van der Waals surface area contributed by atoms with Crippen LogP contribution in [-0.4, -0.2) is 4.71 Å². The Morgan fingerprint density at radius 1 is 1.83 bits per heavy atom. The van der Waals surface area contributed by atoms with E-state index in [1.165, 1.54) is 11.9 Å². The number of alkyl halides is 1. The summed E-state index contributed by atoms with van der Waals surface area (Å²) in [5.41, 5.74) is 0. The van der Waals surface area contributed by atoms with Gasteiger partial charge in [-0.05, 0) is 18.0 Å². The van der Waals surface area contributed by atoms with Gasteiger partial charge in [0.25, 0.3) is 0 Å². The van der Waals surface area contributed by atoms with Crippen LogP contribution in [0.5, 0.6) is 0 Å². The number of nitrogens with one attached hydrogen (secondary N) is 1. The third-order valence-corrected chi connectivity index (χ3v) is 1.56. The van der Waals surface area contributed by atoms with E-state index in [1.807, 2.05) is 12.3 Å². The molecule has 0 aromatic carbocycles. The van der Waals surface area contributed by atoms with Gasteiger partial charge in [0.05, 0.1) is 0 Å². The van der Waals surface area contributed by atoms with Gasteiger partial charge in [-0.15, -0.1) is 11.6 Å². The van der Waals surface area contributed by atoms with E-state index in [9.17, 15) is 0 Å². The highest BCUT2D eigenvalue weighted by molar-refractivity contribution is 7.99. The first-order valence-corrected chi connectivity index (χ1v) is 2.93. The van der Waals surface area contributed by atoms with Gasteiger partial charge in [0, 0.05) is 6.20 Å². The molecule has 1 unspecified atom stereocenters. The Hall–Kier alpha value is 0.180. The molecule has 6 heavy (non-hydrogen) atoms. The van der Waals surface area contributed by atoms with Crippen LogP contribution in [0.2, 0.25) is 0 Å². The molecule has 0 aliphatic carbocycles. The highest BCUT2D eigenvalue weighted by atomic mass is 35.5. The highest BCUT2D eigenvalue weighted by Crippen LogP contribution is 2.16. The lowest BCUT2D eigenvalue weighted by atomic mass is 10.7. The molecule has 1 heterocycles. The average molecular weight is 122 g/mol. The molecule has 1 atom stereocenters. The van der Waals surface area contributed by atoms with Crippen LogP contribution in [0.3, 0.4) is 0 Å². The van der Waals surface area contributed by atoms with Gasteiger partial charge in [-0.25, -0.2) is 0 Å². The van der Waals surface area contributed by atoms with Crippen LogP contribution in [0.4, 0.5) is 0 Å². The summed E-state index contributed by atoms with van der Waals surface area (Å²) in [4.78, 5) is 0. The summed E-state index contributed by atoms with van der Waals surface area (Å²) in [6.07, 6.45) is 3.73. The maximum atomic E-state index is 5.53. The van der Waals surface area contributed by atoms with Crippen LogP contribution < -0.4 is 4.72 Å². The van der Waals surface area contributed by atoms with Crippen LogP contribution >= 0.6 is 23.5 Å². The van der Waals surface area contributed by atoms with Gasteiger partial charge >= 0.3 is 0 Å². The second-order valence-corrected chi connectivity index (χ2v) is 2.65. The fourth-order valence-electron chi connectivity index (χ4n) is 0.259. The van der Waals surface area contributed by atoms with Crippen molar-refractivity contribution in [3.8, 4) is 0 Å². The van der Waals surface area contributed by atoms with Crippen molar-refractivity contribution in [1.29, 1.82) is 0 Å². The third kappa shape index (κ3) is 0.820. The van der Waals surface area contributed by atoms with E-state index in [-0.39, 0.29) is 4.71 Å². The molecule has 1 nitrogen and oxygen atoms in total. The maximum Gasteiger partial charge on any atom is 0.118 e. The minimum absolute atomic E-state index is 0.144. The Balaban J connectivity index is 2.38. The third-order valence-electron chi connectivity index (χ3n) is 0.496. The molecule has 0 radical (unpaired) electrons. The molecule has 0 bridgehead atoms. The van der Waals surface area contributed by atoms with Gasteiger partial charge in [0.15, 0.2) is 0 Å². The Morgan fingerprint density at radius 3 is 2.83 bits per heavy atom. The molecule has 1 aliphatic heterocycles. The molecule has 0 amide bonds.